The summed E-state index contributed by atoms with van der Waals surface area (Å²) in [6.45, 7) is 0.0308. The second-order valence-corrected chi connectivity index (χ2v) is 3.72. The Morgan fingerprint density at radius 3 is 2.75 bits per heavy atom. The predicted octanol–water partition coefficient (Wildman–Crippen LogP) is 2.25. The maximum atomic E-state index is 10.8. The Morgan fingerprint density at radius 2 is 2.19 bits per heavy atom. The molecule has 0 aliphatic rings. The van der Waals surface area contributed by atoms with Crippen molar-refractivity contribution in [3.05, 3.63) is 34.9 Å². The van der Waals surface area contributed by atoms with E-state index in [2.05, 4.69) is 0 Å². The topological polar surface area (TPSA) is 72.6 Å². The Kier molecular flexibility index (Phi) is 5.08. The lowest BCUT2D eigenvalue weighted by atomic mass is 10.0. The SMILES string of the molecule is NC(=O)O[C@@H](CCCO)c1ccccc1Cl. The highest BCUT2D eigenvalue weighted by Crippen LogP contribution is 2.28. The van der Waals surface area contributed by atoms with Crippen LogP contribution in [0.5, 0.6) is 0 Å². The molecule has 0 spiro atoms. The third-order valence-electron chi connectivity index (χ3n) is 2.13. The van der Waals surface area contributed by atoms with Gasteiger partial charge in [-0.2, -0.15) is 0 Å². The Hall–Kier alpha value is -1.26. The molecule has 0 bridgehead atoms. The van der Waals surface area contributed by atoms with Crippen LogP contribution < -0.4 is 5.73 Å². The second kappa shape index (κ2) is 6.35. The summed E-state index contributed by atoms with van der Waals surface area (Å²) in [4.78, 5) is 10.8. The van der Waals surface area contributed by atoms with Gasteiger partial charge < -0.3 is 15.6 Å². The number of primary amides is 1. The zero-order chi connectivity index (χ0) is 12.0. The minimum absolute atomic E-state index is 0.0308. The first-order chi connectivity index (χ1) is 7.65. The minimum atomic E-state index is -0.845. The van der Waals surface area contributed by atoms with Gasteiger partial charge in [0.1, 0.15) is 6.10 Å². The van der Waals surface area contributed by atoms with Gasteiger partial charge in [0.05, 0.1) is 0 Å². The maximum Gasteiger partial charge on any atom is 0.405 e. The first-order valence-electron chi connectivity index (χ1n) is 4.96. The number of benzene rings is 1. The van der Waals surface area contributed by atoms with Crippen LogP contribution in [-0.4, -0.2) is 17.8 Å². The van der Waals surface area contributed by atoms with Crippen molar-refractivity contribution >= 4 is 17.7 Å². The summed E-state index contributed by atoms with van der Waals surface area (Å²) in [7, 11) is 0. The molecule has 16 heavy (non-hydrogen) atoms. The maximum absolute atomic E-state index is 10.8. The van der Waals surface area contributed by atoms with Crippen molar-refractivity contribution in [3.63, 3.8) is 0 Å². The summed E-state index contributed by atoms with van der Waals surface area (Å²) in [6, 6.07) is 7.08. The molecule has 0 radical (unpaired) electrons. The van der Waals surface area contributed by atoms with Crippen LogP contribution in [0.15, 0.2) is 24.3 Å². The van der Waals surface area contributed by atoms with Crippen molar-refractivity contribution in [1.29, 1.82) is 0 Å². The number of halogens is 1. The minimum Gasteiger partial charge on any atom is -0.441 e. The molecule has 4 nitrogen and oxygen atoms in total. The van der Waals surface area contributed by atoms with E-state index in [9.17, 15) is 4.79 Å². The molecule has 88 valence electrons. The standard InChI is InChI=1S/C11H14ClNO3/c12-9-5-2-1-4-8(9)10(6-3-7-14)16-11(13)15/h1-2,4-5,10,14H,3,6-7H2,(H2,13,15)/t10-/m0/s1. The number of rotatable bonds is 5. The van der Waals surface area contributed by atoms with E-state index >= 15 is 0 Å². The molecule has 0 saturated heterocycles. The van der Waals surface area contributed by atoms with Gasteiger partial charge in [0.25, 0.3) is 0 Å². The number of ether oxygens (including phenoxy) is 1. The number of hydrogen-bond donors (Lipinski definition) is 2. The molecule has 0 saturated carbocycles. The van der Waals surface area contributed by atoms with Crippen molar-refractivity contribution in [2.24, 2.45) is 5.73 Å². The largest absolute Gasteiger partial charge is 0.441 e. The fourth-order valence-electron chi connectivity index (χ4n) is 1.43. The van der Waals surface area contributed by atoms with Crippen LogP contribution in [-0.2, 0) is 4.74 Å². The molecule has 1 atom stereocenters. The normalized spacial score (nSPS) is 12.1. The van der Waals surface area contributed by atoms with Gasteiger partial charge in [-0.05, 0) is 18.9 Å². The van der Waals surface area contributed by atoms with Crippen molar-refractivity contribution < 1.29 is 14.6 Å². The fraction of sp³-hybridized carbons (Fsp3) is 0.364. The first kappa shape index (κ1) is 12.8. The van der Waals surface area contributed by atoms with Gasteiger partial charge in [0.2, 0.25) is 0 Å². The van der Waals surface area contributed by atoms with Gasteiger partial charge in [-0.25, -0.2) is 4.79 Å². The number of hydrogen-bond acceptors (Lipinski definition) is 3. The van der Waals surface area contributed by atoms with Crippen LogP contribution >= 0.6 is 11.6 Å². The van der Waals surface area contributed by atoms with Crippen LogP contribution in [0.1, 0.15) is 24.5 Å². The summed E-state index contributed by atoms with van der Waals surface area (Å²) in [5, 5.41) is 9.28. The van der Waals surface area contributed by atoms with E-state index in [-0.39, 0.29) is 6.61 Å². The average molecular weight is 244 g/mol. The smallest absolute Gasteiger partial charge is 0.405 e. The quantitative estimate of drug-likeness (QED) is 0.833. The lowest BCUT2D eigenvalue weighted by Gasteiger charge is -2.17. The first-order valence-corrected chi connectivity index (χ1v) is 5.34. The number of carbonyl (C=O) groups is 1. The van der Waals surface area contributed by atoms with Crippen LogP contribution in [0.2, 0.25) is 5.02 Å². The monoisotopic (exact) mass is 243 g/mol. The molecular weight excluding hydrogens is 230 g/mol. The highest BCUT2D eigenvalue weighted by Gasteiger charge is 2.17. The molecule has 0 fully saturated rings. The lowest BCUT2D eigenvalue weighted by Crippen LogP contribution is -2.18. The molecule has 0 aromatic heterocycles. The van der Waals surface area contributed by atoms with E-state index in [1.165, 1.54) is 0 Å². The number of aliphatic hydroxyl groups is 1. The van der Waals surface area contributed by atoms with Crippen molar-refractivity contribution in [2.45, 2.75) is 18.9 Å². The number of carbonyl (C=O) groups excluding carboxylic acids is 1. The third kappa shape index (κ3) is 3.72. The summed E-state index contributed by atoms with van der Waals surface area (Å²) < 4.78 is 4.96. The molecular formula is C11H14ClNO3. The van der Waals surface area contributed by atoms with Crippen LogP contribution in [0.4, 0.5) is 4.79 Å². The highest BCUT2D eigenvalue weighted by atomic mass is 35.5. The Bertz CT molecular complexity index is 357. The second-order valence-electron chi connectivity index (χ2n) is 3.31. The highest BCUT2D eigenvalue weighted by molar-refractivity contribution is 6.31. The van der Waals surface area contributed by atoms with Gasteiger partial charge in [-0.15, -0.1) is 0 Å². The molecule has 0 heterocycles. The molecule has 0 aliphatic heterocycles. The zero-order valence-electron chi connectivity index (χ0n) is 8.73. The van der Waals surface area contributed by atoms with E-state index in [0.29, 0.717) is 23.4 Å². The molecule has 0 unspecified atom stereocenters. The number of aliphatic hydroxyl groups excluding tert-OH is 1. The van der Waals surface area contributed by atoms with Crippen molar-refractivity contribution in [2.75, 3.05) is 6.61 Å². The van der Waals surface area contributed by atoms with E-state index < -0.39 is 12.2 Å². The molecule has 3 N–H and O–H groups in total. The molecule has 5 heteroatoms. The molecule has 1 aromatic carbocycles. The average Bonchev–Trinajstić information content (AvgIpc) is 2.24. The van der Waals surface area contributed by atoms with E-state index in [0.717, 1.165) is 0 Å². The van der Waals surface area contributed by atoms with Crippen molar-refractivity contribution in [1.82, 2.24) is 0 Å². The van der Waals surface area contributed by atoms with Gasteiger partial charge in [-0.1, -0.05) is 29.8 Å². The van der Waals surface area contributed by atoms with Gasteiger partial charge in [0.15, 0.2) is 0 Å². The zero-order valence-corrected chi connectivity index (χ0v) is 9.48. The predicted molar refractivity (Wildman–Crippen MR) is 61.2 cm³/mol. The Morgan fingerprint density at radius 1 is 1.50 bits per heavy atom. The van der Waals surface area contributed by atoms with Crippen LogP contribution in [0.3, 0.4) is 0 Å². The lowest BCUT2D eigenvalue weighted by molar-refractivity contribution is 0.0956. The molecule has 0 aliphatic carbocycles. The summed E-state index contributed by atoms with van der Waals surface area (Å²) in [6.07, 6.45) is -0.340. The van der Waals surface area contributed by atoms with Gasteiger partial charge >= 0.3 is 6.09 Å². The Balaban J connectivity index is 2.82. The van der Waals surface area contributed by atoms with Gasteiger partial charge in [0, 0.05) is 17.2 Å². The van der Waals surface area contributed by atoms with Crippen LogP contribution in [0, 0.1) is 0 Å². The van der Waals surface area contributed by atoms with Crippen LogP contribution in [0.25, 0.3) is 0 Å². The summed E-state index contributed by atoms with van der Waals surface area (Å²) in [5.41, 5.74) is 5.69. The molecule has 1 aromatic rings. The van der Waals surface area contributed by atoms with E-state index in [4.69, 9.17) is 27.2 Å². The third-order valence-corrected chi connectivity index (χ3v) is 2.48. The summed E-state index contributed by atoms with van der Waals surface area (Å²) >= 11 is 5.99. The molecule has 1 rings (SSSR count). The van der Waals surface area contributed by atoms with E-state index in [1.807, 2.05) is 0 Å². The number of nitrogens with two attached hydrogens (primary N) is 1. The Labute approximate surface area is 99.0 Å². The van der Waals surface area contributed by atoms with Gasteiger partial charge in [-0.3, -0.25) is 0 Å². The summed E-state index contributed by atoms with van der Waals surface area (Å²) in [5.74, 6) is 0. The number of amides is 1. The van der Waals surface area contributed by atoms with Crippen molar-refractivity contribution in [3.8, 4) is 0 Å². The fourth-order valence-corrected chi connectivity index (χ4v) is 1.69. The molecule has 1 amide bonds. The van der Waals surface area contributed by atoms with E-state index in [1.54, 1.807) is 24.3 Å².